The Morgan fingerprint density at radius 2 is 0.721 bits per heavy atom. The third-order valence-corrected chi connectivity index (χ3v) is 13.8. The van der Waals surface area contributed by atoms with E-state index in [0.29, 0.717) is 0 Å². The lowest BCUT2D eigenvalue weighted by Gasteiger charge is -2.30. The number of anilines is 3. The molecule has 0 radical (unpaired) electrons. The lowest BCUT2D eigenvalue weighted by atomic mass is 9.93. The first-order chi connectivity index (χ1) is 33.7. The van der Waals surface area contributed by atoms with Crippen LogP contribution in [0.25, 0.3) is 104 Å². The Hall–Kier alpha value is -8.98. The molecule has 0 unspecified atom stereocenters. The average Bonchev–Trinajstić information content (AvgIpc) is 3.75. The normalized spacial score (nSPS) is 11.5. The second-order valence-corrected chi connectivity index (χ2v) is 17.6. The van der Waals surface area contributed by atoms with Crippen molar-refractivity contribution in [2.24, 2.45) is 0 Å². The van der Waals surface area contributed by atoms with Gasteiger partial charge in [0.05, 0.1) is 28.1 Å². The average molecular weight is 865 g/mol. The van der Waals surface area contributed by atoms with Gasteiger partial charge in [-0.25, -0.2) is 0 Å². The molecule has 318 valence electrons. The van der Waals surface area contributed by atoms with Gasteiger partial charge >= 0.3 is 0 Å². The van der Waals surface area contributed by atoms with E-state index >= 15 is 0 Å². The van der Waals surface area contributed by atoms with Crippen molar-refractivity contribution in [3.8, 4) is 50.2 Å². The van der Waals surface area contributed by atoms with Gasteiger partial charge < -0.3 is 9.47 Å². The predicted octanol–water partition coefficient (Wildman–Crippen LogP) is 18.4. The molecule has 0 bridgehead atoms. The fourth-order valence-corrected chi connectivity index (χ4v) is 10.6. The minimum Gasteiger partial charge on any atom is -0.309 e. The number of hydrogen-bond acceptors (Lipinski definition) is 1. The number of nitrogens with zero attached hydrogens (tertiary/aromatic N) is 2. The second kappa shape index (κ2) is 16.5. The Labute approximate surface area is 395 Å². The molecule has 0 spiro atoms. The summed E-state index contributed by atoms with van der Waals surface area (Å²) in [6, 6.07) is 97.7. The van der Waals surface area contributed by atoms with Gasteiger partial charge in [0.2, 0.25) is 0 Å². The van der Waals surface area contributed by atoms with E-state index in [4.69, 9.17) is 0 Å². The first kappa shape index (κ1) is 39.4. The molecule has 0 fully saturated rings. The van der Waals surface area contributed by atoms with E-state index in [2.05, 4.69) is 276 Å². The summed E-state index contributed by atoms with van der Waals surface area (Å²) < 4.78 is 2.48. The zero-order valence-electron chi connectivity index (χ0n) is 37.3. The van der Waals surface area contributed by atoms with Crippen molar-refractivity contribution in [1.82, 2.24) is 4.57 Å². The fraction of sp³-hybridized carbons (Fsp3) is 0. The highest BCUT2D eigenvalue weighted by molar-refractivity contribution is 6.11. The molecule has 0 aliphatic rings. The van der Waals surface area contributed by atoms with E-state index in [-0.39, 0.29) is 0 Å². The van der Waals surface area contributed by atoms with Gasteiger partial charge in [0.15, 0.2) is 0 Å². The van der Waals surface area contributed by atoms with Gasteiger partial charge in [-0.05, 0) is 103 Å². The van der Waals surface area contributed by atoms with Crippen LogP contribution in [-0.4, -0.2) is 4.57 Å². The largest absolute Gasteiger partial charge is 0.309 e. The van der Waals surface area contributed by atoms with Crippen LogP contribution in [0.5, 0.6) is 0 Å². The van der Waals surface area contributed by atoms with Crippen LogP contribution in [0.3, 0.4) is 0 Å². The molecule has 13 aromatic rings. The smallest absolute Gasteiger partial charge is 0.0618 e. The highest BCUT2D eigenvalue weighted by Gasteiger charge is 2.23. The SMILES string of the molecule is c1ccc(-c2cccc(-c3ccc(N(c4ccccc4-c4ccc5ccccc5c4)c4ccc(-c5ccc6ccccc6c5)c5ccccc45)cc3)c2-n2c3ccccc3c3ccccc32)cc1. The van der Waals surface area contributed by atoms with E-state index in [9.17, 15) is 0 Å². The van der Waals surface area contributed by atoms with Crippen LogP contribution in [0.15, 0.2) is 267 Å². The second-order valence-electron chi connectivity index (χ2n) is 17.6. The summed E-state index contributed by atoms with van der Waals surface area (Å²) in [6.45, 7) is 0. The first-order valence-electron chi connectivity index (χ1n) is 23.4. The Morgan fingerprint density at radius 3 is 1.37 bits per heavy atom. The zero-order valence-corrected chi connectivity index (χ0v) is 37.3. The van der Waals surface area contributed by atoms with Gasteiger partial charge in [-0.1, -0.05) is 218 Å². The third-order valence-electron chi connectivity index (χ3n) is 13.8. The third kappa shape index (κ3) is 6.65. The molecule has 0 aliphatic heterocycles. The lowest BCUT2D eigenvalue weighted by molar-refractivity contribution is 1.18. The molecule has 2 nitrogen and oxygen atoms in total. The topological polar surface area (TPSA) is 8.17 Å². The molecule has 68 heavy (non-hydrogen) atoms. The van der Waals surface area contributed by atoms with E-state index in [1.54, 1.807) is 0 Å². The molecular weight excluding hydrogens is 821 g/mol. The van der Waals surface area contributed by atoms with Crippen molar-refractivity contribution < 1.29 is 0 Å². The van der Waals surface area contributed by atoms with Gasteiger partial charge in [0.25, 0.3) is 0 Å². The summed E-state index contributed by atoms with van der Waals surface area (Å²) in [5, 5.41) is 9.80. The highest BCUT2D eigenvalue weighted by Crippen LogP contribution is 2.47. The van der Waals surface area contributed by atoms with Crippen molar-refractivity contribution in [1.29, 1.82) is 0 Å². The maximum atomic E-state index is 2.48. The highest BCUT2D eigenvalue weighted by atomic mass is 15.1. The molecule has 1 aromatic heterocycles. The number of benzene rings is 12. The number of para-hydroxylation sites is 4. The minimum atomic E-state index is 1.07. The van der Waals surface area contributed by atoms with Crippen molar-refractivity contribution in [3.05, 3.63) is 267 Å². The van der Waals surface area contributed by atoms with Crippen molar-refractivity contribution in [3.63, 3.8) is 0 Å². The van der Waals surface area contributed by atoms with Crippen LogP contribution >= 0.6 is 0 Å². The molecule has 0 saturated carbocycles. The number of fused-ring (bicyclic) bond motifs is 6. The van der Waals surface area contributed by atoms with E-state index < -0.39 is 0 Å². The Bertz CT molecular complexity index is 3980. The molecule has 0 saturated heterocycles. The van der Waals surface area contributed by atoms with Crippen LogP contribution in [0, 0.1) is 0 Å². The predicted molar refractivity (Wildman–Crippen MR) is 290 cm³/mol. The summed E-state index contributed by atoms with van der Waals surface area (Å²) in [7, 11) is 0. The van der Waals surface area contributed by atoms with Gasteiger partial charge in [0, 0.05) is 38.5 Å². The molecule has 0 aliphatic carbocycles. The minimum absolute atomic E-state index is 1.07. The van der Waals surface area contributed by atoms with Gasteiger partial charge in [-0.3, -0.25) is 0 Å². The molecule has 2 heteroatoms. The summed E-state index contributed by atoms with van der Waals surface area (Å²) in [5.74, 6) is 0. The molecular formula is C66H44N2. The maximum absolute atomic E-state index is 2.48. The summed E-state index contributed by atoms with van der Waals surface area (Å²) >= 11 is 0. The molecule has 0 atom stereocenters. The summed E-state index contributed by atoms with van der Waals surface area (Å²) in [5.41, 5.74) is 16.2. The van der Waals surface area contributed by atoms with Crippen LogP contribution in [-0.2, 0) is 0 Å². The van der Waals surface area contributed by atoms with Crippen molar-refractivity contribution in [2.45, 2.75) is 0 Å². The fourth-order valence-electron chi connectivity index (χ4n) is 10.6. The van der Waals surface area contributed by atoms with Gasteiger partial charge in [-0.2, -0.15) is 0 Å². The van der Waals surface area contributed by atoms with Gasteiger partial charge in [-0.15, -0.1) is 0 Å². The van der Waals surface area contributed by atoms with Crippen LogP contribution in [0.1, 0.15) is 0 Å². The van der Waals surface area contributed by atoms with Crippen LogP contribution in [0.2, 0.25) is 0 Å². The Morgan fingerprint density at radius 1 is 0.250 bits per heavy atom. The molecule has 0 N–H and O–H groups in total. The molecule has 0 amide bonds. The monoisotopic (exact) mass is 864 g/mol. The van der Waals surface area contributed by atoms with E-state index in [0.717, 1.165) is 39.4 Å². The first-order valence-corrected chi connectivity index (χ1v) is 23.4. The van der Waals surface area contributed by atoms with Gasteiger partial charge in [0.1, 0.15) is 0 Å². The molecule has 12 aromatic carbocycles. The quantitative estimate of drug-likeness (QED) is 0.148. The maximum Gasteiger partial charge on any atom is 0.0618 e. The number of hydrogen-bond donors (Lipinski definition) is 0. The Kier molecular flexibility index (Phi) is 9.54. The number of rotatable bonds is 8. The van der Waals surface area contributed by atoms with Crippen LogP contribution in [0.4, 0.5) is 17.1 Å². The zero-order chi connectivity index (χ0) is 45.0. The lowest BCUT2D eigenvalue weighted by Crippen LogP contribution is -2.12. The van der Waals surface area contributed by atoms with Crippen molar-refractivity contribution >= 4 is 71.2 Å². The standard InChI is InChI=1S/C66H44N2/c1-2-19-47(20-3-1)56-28-16-29-57(66(56)68-63-31-14-11-26-60(63)61-27-12-15-32-64(61)68)48-37-39-53(40-38-48)67(62-30-13-10-23-55(62)52-36-34-46-18-5-7-22-50(46)44-52)65-42-41-54(58-24-8-9-25-59(58)65)51-35-33-45-17-4-6-21-49(45)43-51/h1-44H. The summed E-state index contributed by atoms with van der Waals surface area (Å²) in [6.07, 6.45) is 0. The Balaban J connectivity index is 1.02. The molecule has 1 heterocycles. The van der Waals surface area contributed by atoms with E-state index in [1.807, 2.05) is 0 Å². The van der Waals surface area contributed by atoms with Crippen LogP contribution < -0.4 is 4.90 Å². The van der Waals surface area contributed by atoms with E-state index in [1.165, 1.54) is 81.9 Å². The van der Waals surface area contributed by atoms with Crippen molar-refractivity contribution in [2.75, 3.05) is 4.90 Å². The molecule has 13 rings (SSSR count). The number of aromatic nitrogens is 1. The summed E-state index contributed by atoms with van der Waals surface area (Å²) in [4.78, 5) is 2.47.